The molecule has 11 nitrogen and oxygen atoms in total. The molecule has 1 heterocycles. The second kappa shape index (κ2) is 14.7. The summed E-state index contributed by atoms with van der Waals surface area (Å²) in [5.41, 5.74) is 1.59. The van der Waals surface area contributed by atoms with Gasteiger partial charge in [-0.1, -0.05) is 18.2 Å². The van der Waals surface area contributed by atoms with E-state index in [1.54, 1.807) is 52.0 Å². The maximum atomic E-state index is 13.2. The molecule has 3 aromatic rings. The number of hydrogen-bond acceptors (Lipinski definition) is 11. The Bertz CT molecular complexity index is 1930. The number of benzene rings is 3. The van der Waals surface area contributed by atoms with Gasteiger partial charge < -0.3 is 23.7 Å². The molecule has 0 fully saturated rings. The third kappa shape index (κ3) is 6.59. The number of ether oxygens (including phenoxy) is 5. The standard InChI is InChI=1S/C35H30N2O9/c1-5-42-32(38)22-11-12-23(33(39)43-6-2)26(15-22)31-24-13-9-20(27(18-36)34(40)44-7-3)16-29(24)46-30-17-21(10-14-25(30)31)28(19-37)35(41)45-8-4/h9-17,27H,5-8H2,1-4H3. The maximum Gasteiger partial charge on any atom is 0.349 e. The lowest BCUT2D eigenvalue weighted by Crippen LogP contribution is -2.24. The minimum Gasteiger partial charge on any atom is -0.465 e. The molecule has 0 aromatic heterocycles. The van der Waals surface area contributed by atoms with Crippen molar-refractivity contribution in [3.63, 3.8) is 0 Å². The number of nitriles is 2. The van der Waals surface area contributed by atoms with E-state index >= 15 is 0 Å². The number of carbonyl (C=O) groups excluding carboxylic acids is 4. The summed E-state index contributed by atoms with van der Waals surface area (Å²) in [4.78, 5) is 51.1. The van der Waals surface area contributed by atoms with Crippen LogP contribution in [0.5, 0.6) is 11.5 Å². The van der Waals surface area contributed by atoms with Gasteiger partial charge in [0, 0.05) is 21.6 Å². The molecular formula is C35H30N2O9. The topological polar surface area (TPSA) is 162 Å². The van der Waals surface area contributed by atoms with E-state index in [0.717, 1.165) is 0 Å². The highest BCUT2D eigenvalue weighted by molar-refractivity contribution is 6.15. The van der Waals surface area contributed by atoms with Crippen LogP contribution in [0.4, 0.5) is 0 Å². The van der Waals surface area contributed by atoms with Crippen LogP contribution in [-0.4, -0.2) is 50.3 Å². The molecule has 0 saturated carbocycles. The first-order chi connectivity index (χ1) is 22.2. The molecule has 11 heteroatoms. The Morgan fingerprint density at radius 3 is 2.09 bits per heavy atom. The van der Waals surface area contributed by atoms with E-state index in [1.165, 1.54) is 30.3 Å². The summed E-state index contributed by atoms with van der Waals surface area (Å²) in [6, 6.07) is 17.7. The Hall–Kier alpha value is -5.94. The molecule has 234 valence electrons. The fraction of sp³-hybridized carbons (Fsp3) is 0.257. The highest BCUT2D eigenvalue weighted by Crippen LogP contribution is 2.39. The molecule has 46 heavy (non-hydrogen) atoms. The Labute approximate surface area is 264 Å². The van der Waals surface area contributed by atoms with Crippen molar-refractivity contribution in [2.75, 3.05) is 26.4 Å². The quantitative estimate of drug-likeness (QED) is 0.187. The fourth-order valence-electron chi connectivity index (χ4n) is 4.93. The van der Waals surface area contributed by atoms with Gasteiger partial charge in [0.15, 0.2) is 5.92 Å². The number of rotatable bonds is 10. The Morgan fingerprint density at radius 2 is 1.43 bits per heavy atom. The van der Waals surface area contributed by atoms with Crippen LogP contribution in [0.25, 0.3) is 11.1 Å². The summed E-state index contributed by atoms with van der Waals surface area (Å²) in [6.45, 7) is 6.97. The van der Waals surface area contributed by atoms with Crippen LogP contribution in [0.15, 0.2) is 54.6 Å². The molecule has 1 atom stereocenters. The summed E-state index contributed by atoms with van der Waals surface area (Å²) < 4.78 is 26.9. The van der Waals surface area contributed by atoms with Crippen molar-refractivity contribution in [3.05, 3.63) is 92.9 Å². The molecule has 0 radical (unpaired) electrons. The average Bonchev–Trinajstić information content (AvgIpc) is 3.04. The first-order valence-corrected chi connectivity index (χ1v) is 14.6. The smallest absolute Gasteiger partial charge is 0.349 e. The van der Waals surface area contributed by atoms with Gasteiger partial charge >= 0.3 is 23.9 Å². The summed E-state index contributed by atoms with van der Waals surface area (Å²) in [6.07, 6.45) is 0. The summed E-state index contributed by atoms with van der Waals surface area (Å²) in [5.74, 6) is -3.66. The number of carbonyl (C=O) groups is 4. The van der Waals surface area contributed by atoms with Crippen molar-refractivity contribution in [2.45, 2.75) is 33.6 Å². The number of nitrogens with zero attached hydrogens (tertiary/aromatic N) is 2. The Morgan fingerprint density at radius 1 is 0.739 bits per heavy atom. The highest BCUT2D eigenvalue weighted by Gasteiger charge is 2.29. The maximum absolute atomic E-state index is 13.2. The van der Waals surface area contributed by atoms with Crippen molar-refractivity contribution in [1.29, 1.82) is 10.5 Å². The zero-order valence-corrected chi connectivity index (χ0v) is 25.7. The molecule has 0 aliphatic carbocycles. The third-order valence-corrected chi connectivity index (χ3v) is 6.91. The van der Waals surface area contributed by atoms with E-state index in [2.05, 4.69) is 0 Å². The van der Waals surface area contributed by atoms with E-state index in [0.29, 0.717) is 27.5 Å². The van der Waals surface area contributed by atoms with Crippen LogP contribution in [0, 0.1) is 22.7 Å². The molecule has 3 aromatic carbocycles. The van der Waals surface area contributed by atoms with Gasteiger partial charge in [0.1, 0.15) is 23.1 Å². The molecular weight excluding hydrogens is 592 g/mol. The van der Waals surface area contributed by atoms with Gasteiger partial charge in [-0.2, -0.15) is 10.5 Å². The summed E-state index contributed by atoms with van der Waals surface area (Å²) >= 11 is 0. The average molecular weight is 623 g/mol. The zero-order valence-electron chi connectivity index (χ0n) is 25.7. The molecule has 1 aliphatic rings. The molecule has 1 aliphatic heterocycles. The van der Waals surface area contributed by atoms with E-state index in [4.69, 9.17) is 23.7 Å². The molecule has 0 spiro atoms. The normalized spacial score (nSPS) is 12.5. The summed E-state index contributed by atoms with van der Waals surface area (Å²) in [7, 11) is 0. The molecule has 0 amide bonds. The molecule has 0 bridgehead atoms. The van der Waals surface area contributed by atoms with Crippen molar-refractivity contribution in [2.24, 2.45) is 0 Å². The van der Waals surface area contributed by atoms with E-state index < -0.39 is 29.8 Å². The first kappa shape index (κ1) is 33.0. The zero-order chi connectivity index (χ0) is 33.4. The van der Waals surface area contributed by atoms with Crippen LogP contribution < -0.4 is 15.2 Å². The SMILES string of the molecule is CCOC(=O)C(C#N)=c1ccc2c(c1)Oc1cc(C(C#N)C(=O)OCC)ccc1C=2c1cc(C(=O)OCC)ccc1C(=O)OCC. The number of hydrogen-bond donors (Lipinski definition) is 0. The Kier molecular flexibility index (Phi) is 10.5. The lowest BCUT2D eigenvalue weighted by molar-refractivity contribution is -0.143. The number of esters is 4. The van der Waals surface area contributed by atoms with Crippen LogP contribution in [0.3, 0.4) is 0 Å². The van der Waals surface area contributed by atoms with E-state index in [-0.39, 0.29) is 59.8 Å². The number of fused-ring (bicyclic) bond motifs is 2. The molecule has 0 N–H and O–H groups in total. The van der Waals surface area contributed by atoms with Gasteiger partial charge in [-0.3, -0.25) is 4.79 Å². The fourth-order valence-corrected chi connectivity index (χ4v) is 4.93. The molecule has 1 unspecified atom stereocenters. The van der Waals surface area contributed by atoms with Crippen molar-refractivity contribution >= 4 is 35.0 Å². The van der Waals surface area contributed by atoms with Gasteiger partial charge in [0.2, 0.25) is 0 Å². The third-order valence-electron chi connectivity index (χ3n) is 6.91. The predicted molar refractivity (Wildman–Crippen MR) is 163 cm³/mol. The van der Waals surface area contributed by atoms with Gasteiger partial charge in [0.05, 0.1) is 43.6 Å². The minimum atomic E-state index is -1.25. The monoisotopic (exact) mass is 622 g/mol. The summed E-state index contributed by atoms with van der Waals surface area (Å²) in [5, 5.41) is 20.2. The molecule has 0 saturated heterocycles. The largest absolute Gasteiger partial charge is 0.465 e. The lowest BCUT2D eigenvalue weighted by atomic mass is 9.87. The van der Waals surface area contributed by atoms with Gasteiger partial charge in [0.25, 0.3) is 0 Å². The van der Waals surface area contributed by atoms with Crippen LogP contribution in [-0.2, 0) is 28.5 Å². The van der Waals surface area contributed by atoms with Crippen molar-refractivity contribution in [1.82, 2.24) is 0 Å². The highest BCUT2D eigenvalue weighted by atomic mass is 16.5. The van der Waals surface area contributed by atoms with Gasteiger partial charge in [-0.05, 0) is 75.2 Å². The van der Waals surface area contributed by atoms with Crippen molar-refractivity contribution < 1.29 is 42.9 Å². The minimum absolute atomic E-state index is 0.0630. The van der Waals surface area contributed by atoms with Gasteiger partial charge in [-0.15, -0.1) is 0 Å². The van der Waals surface area contributed by atoms with E-state index in [1.807, 2.05) is 12.1 Å². The van der Waals surface area contributed by atoms with E-state index in [9.17, 15) is 29.7 Å². The first-order valence-electron chi connectivity index (χ1n) is 14.6. The Balaban J connectivity index is 2.11. The lowest BCUT2D eigenvalue weighted by Gasteiger charge is -2.24. The second-order valence-corrected chi connectivity index (χ2v) is 9.67. The predicted octanol–water partition coefficient (Wildman–Crippen LogP) is 3.80. The van der Waals surface area contributed by atoms with Gasteiger partial charge in [-0.25, -0.2) is 14.4 Å². The second-order valence-electron chi connectivity index (χ2n) is 9.67. The molecule has 4 rings (SSSR count). The van der Waals surface area contributed by atoms with Crippen LogP contribution >= 0.6 is 0 Å². The van der Waals surface area contributed by atoms with Crippen LogP contribution in [0.2, 0.25) is 0 Å². The van der Waals surface area contributed by atoms with Crippen molar-refractivity contribution in [3.8, 4) is 23.6 Å². The van der Waals surface area contributed by atoms with Crippen LogP contribution in [0.1, 0.15) is 71.0 Å².